The number of rotatable bonds is 6. The van der Waals surface area contributed by atoms with Gasteiger partial charge in [0.25, 0.3) is 0 Å². The van der Waals surface area contributed by atoms with E-state index in [-0.39, 0.29) is 42.2 Å². The van der Waals surface area contributed by atoms with Gasteiger partial charge in [0.05, 0.1) is 37.3 Å². The highest BCUT2D eigenvalue weighted by Crippen LogP contribution is 2.46. The molecule has 8 atom stereocenters. The molecule has 1 aromatic carbocycles. The van der Waals surface area contributed by atoms with Crippen molar-refractivity contribution in [2.45, 2.75) is 81.7 Å². The van der Waals surface area contributed by atoms with Crippen molar-refractivity contribution < 1.29 is 19.1 Å². The fourth-order valence-corrected chi connectivity index (χ4v) is 8.00. The van der Waals surface area contributed by atoms with E-state index in [0.717, 1.165) is 43.5 Å². The van der Waals surface area contributed by atoms with Crippen LogP contribution in [-0.2, 0) is 20.7 Å². The molecule has 2 N–H and O–H groups in total. The number of likely N-dealkylation sites (tertiary alicyclic amines) is 1. The van der Waals surface area contributed by atoms with Crippen LogP contribution in [0.15, 0.2) is 36.9 Å². The van der Waals surface area contributed by atoms with E-state index >= 15 is 0 Å². The van der Waals surface area contributed by atoms with E-state index in [0.29, 0.717) is 38.7 Å². The molecule has 4 aliphatic heterocycles. The molecule has 1 aromatic rings. The van der Waals surface area contributed by atoms with Crippen molar-refractivity contribution in [3.05, 3.63) is 42.5 Å². The molecule has 6 rings (SSSR count). The van der Waals surface area contributed by atoms with Crippen molar-refractivity contribution in [2.24, 2.45) is 11.8 Å². The van der Waals surface area contributed by atoms with Crippen LogP contribution in [0, 0.1) is 23.2 Å². The lowest BCUT2D eigenvalue weighted by molar-refractivity contribution is -0.165. The average molecular weight is 577 g/mol. The van der Waals surface area contributed by atoms with Gasteiger partial charge in [0.2, 0.25) is 5.91 Å². The molecule has 1 spiro atoms. The highest BCUT2D eigenvalue weighted by atomic mass is 16.5. The number of ether oxygens (including phenoxy) is 2. The van der Waals surface area contributed by atoms with Crippen LogP contribution < -0.4 is 15.4 Å². The summed E-state index contributed by atoms with van der Waals surface area (Å²) in [7, 11) is 2.13. The first-order valence-corrected chi connectivity index (χ1v) is 15.5. The van der Waals surface area contributed by atoms with Gasteiger partial charge in [-0.25, -0.2) is 0 Å². The lowest BCUT2D eigenvalue weighted by atomic mass is 9.65. The number of carbonyl (C=O) groups is 2. The summed E-state index contributed by atoms with van der Waals surface area (Å²) in [6.07, 6.45) is 5.45. The molecule has 10 nitrogen and oxygen atoms in total. The predicted molar refractivity (Wildman–Crippen MR) is 157 cm³/mol. The summed E-state index contributed by atoms with van der Waals surface area (Å²) >= 11 is 0. The summed E-state index contributed by atoms with van der Waals surface area (Å²) in [4.78, 5) is 33.5. The molecule has 1 aliphatic carbocycles. The number of carbonyl (C=O) groups excluding carboxylic acids is 2. The zero-order chi connectivity index (χ0) is 29.4. The SMILES string of the molecule is C=CC(=O)N1CCN(C2NC(OCC3CCCN3C)NC3C(=O)[C@@]4(CCC32)Oc2ccccc2CC4C)CC1CC#N. The molecule has 226 valence electrons. The van der Waals surface area contributed by atoms with E-state index in [9.17, 15) is 14.9 Å². The van der Waals surface area contributed by atoms with Crippen LogP contribution in [-0.4, -0.2) is 102 Å². The monoisotopic (exact) mass is 576 g/mol. The van der Waals surface area contributed by atoms with Gasteiger partial charge in [-0.3, -0.25) is 25.1 Å². The zero-order valence-electron chi connectivity index (χ0n) is 24.8. The summed E-state index contributed by atoms with van der Waals surface area (Å²) in [5.74, 6) is 0.817. The van der Waals surface area contributed by atoms with Crippen molar-refractivity contribution in [3.63, 3.8) is 0 Å². The zero-order valence-corrected chi connectivity index (χ0v) is 24.8. The largest absolute Gasteiger partial charge is 0.479 e. The highest BCUT2D eigenvalue weighted by Gasteiger charge is 2.59. The van der Waals surface area contributed by atoms with Gasteiger partial charge in [-0.2, -0.15) is 5.26 Å². The molecular weight excluding hydrogens is 532 g/mol. The Kier molecular flexibility index (Phi) is 8.40. The lowest BCUT2D eigenvalue weighted by Crippen LogP contribution is -2.76. The maximum absolute atomic E-state index is 14.6. The van der Waals surface area contributed by atoms with Crippen LogP contribution in [0.1, 0.15) is 44.6 Å². The normalized spacial score (nSPS) is 37.0. The summed E-state index contributed by atoms with van der Waals surface area (Å²) in [5.41, 5.74) is 0.276. The first-order valence-electron chi connectivity index (χ1n) is 15.5. The van der Waals surface area contributed by atoms with Gasteiger partial charge >= 0.3 is 0 Å². The van der Waals surface area contributed by atoms with Crippen LogP contribution in [0.25, 0.3) is 0 Å². The van der Waals surface area contributed by atoms with Crippen molar-refractivity contribution in [1.29, 1.82) is 5.26 Å². The molecule has 5 aliphatic rings. The molecule has 42 heavy (non-hydrogen) atoms. The molecule has 3 saturated heterocycles. The number of Topliss-reactive ketones (excluding diaryl/α,β-unsaturated/α-hetero) is 1. The second-order valence-corrected chi connectivity index (χ2v) is 12.8. The fraction of sp³-hybridized carbons (Fsp3) is 0.656. The minimum atomic E-state index is -0.876. The van der Waals surface area contributed by atoms with Gasteiger partial charge in [-0.15, -0.1) is 0 Å². The molecule has 0 aromatic heterocycles. The van der Waals surface area contributed by atoms with E-state index in [4.69, 9.17) is 9.47 Å². The van der Waals surface area contributed by atoms with Gasteiger partial charge in [0, 0.05) is 37.5 Å². The van der Waals surface area contributed by atoms with Crippen LogP contribution >= 0.6 is 0 Å². The third-order valence-electron chi connectivity index (χ3n) is 10.4. The topological polar surface area (TPSA) is 110 Å². The standard InChI is InChI=1S/C32H44N6O4/c1-4-27(39)38-17-16-37(19-23(38)12-14-33)30-25-11-13-32(21(2)18-22-8-5-6-10-26(22)42-32)29(40)28(25)34-31(35-30)41-20-24-9-7-15-36(24)3/h4-6,8,10,21,23-25,28,30-31,34-35H,1,7,9,11-13,15-20H2,2-3H3/t21?,23?,24?,25?,28?,30?,31?,32-/m0/s1. The Morgan fingerprint density at radius 2 is 2.07 bits per heavy atom. The Morgan fingerprint density at radius 1 is 1.24 bits per heavy atom. The van der Waals surface area contributed by atoms with Crippen molar-refractivity contribution in [1.82, 2.24) is 25.3 Å². The van der Waals surface area contributed by atoms with Crippen LogP contribution in [0.4, 0.5) is 0 Å². The van der Waals surface area contributed by atoms with Gasteiger partial charge in [-0.05, 0) is 63.4 Å². The minimum absolute atomic E-state index is 0.00510. The molecule has 10 heteroatoms. The number of piperazine rings is 1. The first kappa shape index (κ1) is 29.3. The number of hydrogen-bond acceptors (Lipinski definition) is 9. The molecule has 4 heterocycles. The number of nitrogens with one attached hydrogen (secondary N) is 2. The third-order valence-corrected chi connectivity index (χ3v) is 10.4. The number of fused-ring (bicyclic) bond motifs is 2. The van der Waals surface area contributed by atoms with Crippen LogP contribution in [0.2, 0.25) is 0 Å². The molecular formula is C32H44N6O4. The second kappa shape index (κ2) is 12.1. The molecule has 0 bridgehead atoms. The minimum Gasteiger partial charge on any atom is -0.479 e. The number of nitriles is 1. The van der Waals surface area contributed by atoms with Gasteiger partial charge < -0.3 is 19.3 Å². The number of ketones is 1. The first-order chi connectivity index (χ1) is 20.3. The summed E-state index contributed by atoms with van der Waals surface area (Å²) < 4.78 is 13.1. The fourth-order valence-electron chi connectivity index (χ4n) is 8.00. The van der Waals surface area contributed by atoms with Crippen molar-refractivity contribution in [3.8, 4) is 11.8 Å². The molecule has 7 unspecified atom stereocenters. The maximum atomic E-state index is 14.6. The van der Waals surface area contributed by atoms with Gasteiger partial charge in [0.1, 0.15) is 5.75 Å². The number of nitrogens with zero attached hydrogens (tertiary/aromatic N) is 4. The number of likely N-dealkylation sites (N-methyl/N-ethyl adjacent to an activating group) is 1. The molecule has 1 saturated carbocycles. The Labute approximate surface area is 249 Å². The summed E-state index contributed by atoms with van der Waals surface area (Å²) in [6.45, 7) is 9.13. The van der Waals surface area contributed by atoms with Crippen LogP contribution in [0.3, 0.4) is 0 Å². The average Bonchev–Trinajstić information content (AvgIpc) is 3.42. The molecule has 1 amide bonds. The maximum Gasteiger partial charge on any atom is 0.246 e. The summed E-state index contributed by atoms with van der Waals surface area (Å²) in [5, 5.41) is 16.8. The van der Waals surface area contributed by atoms with Crippen molar-refractivity contribution >= 4 is 11.7 Å². The number of hydrogen-bond donors (Lipinski definition) is 2. The van der Waals surface area contributed by atoms with E-state index in [1.54, 1.807) is 4.90 Å². The van der Waals surface area contributed by atoms with E-state index in [1.165, 1.54) is 6.08 Å². The van der Waals surface area contributed by atoms with Crippen LogP contribution in [0.5, 0.6) is 5.75 Å². The van der Waals surface area contributed by atoms with E-state index in [2.05, 4.69) is 53.1 Å². The van der Waals surface area contributed by atoms with Gasteiger partial charge in [-0.1, -0.05) is 31.7 Å². The number of amides is 1. The second-order valence-electron chi connectivity index (χ2n) is 12.8. The number of benzene rings is 1. The molecule has 0 radical (unpaired) electrons. The smallest absolute Gasteiger partial charge is 0.246 e. The Balaban J connectivity index is 1.26. The van der Waals surface area contributed by atoms with Gasteiger partial charge in [0.15, 0.2) is 17.7 Å². The Morgan fingerprint density at radius 3 is 2.83 bits per heavy atom. The molecule has 4 fully saturated rings. The Bertz CT molecular complexity index is 1240. The predicted octanol–water partition coefficient (Wildman–Crippen LogP) is 1.87. The van der Waals surface area contributed by atoms with E-state index in [1.807, 2.05) is 18.2 Å². The quantitative estimate of drug-likeness (QED) is 0.491. The highest BCUT2D eigenvalue weighted by molar-refractivity contribution is 5.94. The van der Waals surface area contributed by atoms with E-state index < -0.39 is 18.0 Å². The number of para-hydroxylation sites is 1. The van der Waals surface area contributed by atoms with Crippen molar-refractivity contribution in [2.75, 3.05) is 39.8 Å². The summed E-state index contributed by atoms with van der Waals surface area (Å²) in [6, 6.07) is 10.00. The lowest BCUT2D eigenvalue weighted by Gasteiger charge is -2.56. The Hall–Kier alpha value is -2.81. The third kappa shape index (κ3) is 5.26.